The molecular weight excluding hydrogens is 324 g/mol. The number of rotatable bonds is 2. The maximum Gasteiger partial charge on any atom is 0.281 e. The molecule has 0 amide bonds. The number of nitro groups is 2. The number of carbonyl (C=O) groups is 2. The highest BCUT2D eigenvalue weighted by Crippen LogP contribution is 2.42. The van der Waals surface area contributed by atoms with Crippen molar-refractivity contribution in [3.63, 3.8) is 0 Å². The Bertz CT molecular complexity index is 979. The second-order valence-corrected chi connectivity index (χ2v) is 4.88. The molecule has 0 aliphatic heterocycles. The Morgan fingerprint density at radius 2 is 1.25 bits per heavy atom. The fraction of sp³-hybridized carbons (Fsp3) is 0. The van der Waals surface area contributed by atoms with E-state index < -0.39 is 61.0 Å². The van der Waals surface area contributed by atoms with Gasteiger partial charge in [0.2, 0.25) is 11.6 Å². The molecule has 0 saturated carbocycles. The number of fused-ring (bicyclic) bond motifs is 2. The Morgan fingerprint density at radius 3 is 1.75 bits per heavy atom. The smallest absolute Gasteiger partial charge is 0.281 e. The van der Waals surface area contributed by atoms with E-state index in [4.69, 9.17) is 0 Å². The van der Waals surface area contributed by atoms with Crippen molar-refractivity contribution in [3.8, 4) is 11.5 Å². The number of benzene rings is 2. The van der Waals surface area contributed by atoms with Gasteiger partial charge >= 0.3 is 0 Å². The van der Waals surface area contributed by atoms with Crippen molar-refractivity contribution < 1.29 is 29.6 Å². The predicted molar refractivity (Wildman–Crippen MR) is 76.4 cm³/mol. The van der Waals surface area contributed by atoms with Gasteiger partial charge in [-0.05, 0) is 12.1 Å². The van der Waals surface area contributed by atoms with E-state index in [2.05, 4.69) is 0 Å². The highest BCUT2D eigenvalue weighted by molar-refractivity contribution is 6.32. The van der Waals surface area contributed by atoms with Gasteiger partial charge in [-0.2, -0.15) is 0 Å². The van der Waals surface area contributed by atoms with Gasteiger partial charge in [0, 0.05) is 17.7 Å². The highest BCUT2D eigenvalue weighted by Gasteiger charge is 2.42. The predicted octanol–water partition coefficient (Wildman–Crippen LogP) is 1.69. The molecule has 1 aliphatic carbocycles. The van der Waals surface area contributed by atoms with Crippen molar-refractivity contribution in [2.75, 3.05) is 0 Å². The van der Waals surface area contributed by atoms with Crippen LogP contribution in [0.25, 0.3) is 0 Å². The summed E-state index contributed by atoms with van der Waals surface area (Å²) in [5.74, 6) is -3.79. The van der Waals surface area contributed by atoms with Crippen molar-refractivity contribution in [3.05, 3.63) is 66.7 Å². The van der Waals surface area contributed by atoms with E-state index in [0.29, 0.717) is 0 Å². The molecule has 0 unspecified atom stereocenters. The Labute approximate surface area is 131 Å². The van der Waals surface area contributed by atoms with Gasteiger partial charge in [0.25, 0.3) is 11.4 Å². The van der Waals surface area contributed by atoms with Crippen LogP contribution in [0.4, 0.5) is 11.4 Å². The van der Waals surface area contributed by atoms with E-state index in [1.165, 1.54) is 0 Å². The second kappa shape index (κ2) is 4.84. The van der Waals surface area contributed by atoms with Crippen LogP contribution in [0.1, 0.15) is 31.8 Å². The van der Waals surface area contributed by atoms with Crippen LogP contribution in [0.3, 0.4) is 0 Å². The Morgan fingerprint density at radius 1 is 0.750 bits per heavy atom. The maximum atomic E-state index is 12.6. The summed E-state index contributed by atoms with van der Waals surface area (Å²) in [6, 6.07) is 3.46. The minimum Gasteiger partial charge on any atom is -0.504 e. The standard InChI is InChI=1S/C14H6N2O8/c17-8-4-1-5-9(13(8)19)14(20)11-7(16(23)24)3-2-6(15(21)22)10(11)12(5)18/h1-4,17,19H. The zero-order valence-electron chi connectivity index (χ0n) is 11.5. The first kappa shape index (κ1) is 15.1. The summed E-state index contributed by atoms with van der Waals surface area (Å²) < 4.78 is 0. The monoisotopic (exact) mass is 330 g/mol. The van der Waals surface area contributed by atoms with Crippen molar-refractivity contribution >= 4 is 22.9 Å². The van der Waals surface area contributed by atoms with Crippen molar-refractivity contribution in [2.45, 2.75) is 0 Å². The zero-order chi connectivity index (χ0) is 17.8. The molecule has 24 heavy (non-hydrogen) atoms. The minimum atomic E-state index is -1.15. The summed E-state index contributed by atoms with van der Waals surface area (Å²) in [4.78, 5) is 45.5. The van der Waals surface area contributed by atoms with Crippen LogP contribution in [0.2, 0.25) is 0 Å². The number of hydrogen-bond donors (Lipinski definition) is 2. The molecular formula is C14H6N2O8. The maximum absolute atomic E-state index is 12.6. The average molecular weight is 330 g/mol. The number of phenols is 2. The van der Waals surface area contributed by atoms with E-state index in [9.17, 15) is 40.0 Å². The quantitative estimate of drug-likeness (QED) is 0.407. The molecule has 0 heterocycles. The number of nitro benzene ring substituents is 2. The molecule has 120 valence electrons. The van der Waals surface area contributed by atoms with Gasteiger partial charge in [-0.3, -0.25) is 29.8 Å². The largest absolute Gasteiger partial charge is 0.504 e. The molecule has 2 aromatic rings. The fourth-order valence-electron chi connectivity index (χ4n) is 2.60. The average Bonchev–Trinajstić information content (AvgIpc) is 2.53. The third-order valence-corrected chi connectivity index (χ3v) is 3.64. The van der Waals surface area contributed by atoms with E-state index in [0.717, 1.165) is 24.3 Å². The molecule has 2 aromatic carbocycles. The molecule has 3 rings (SSSR count). The van der Waals surface area contributed by atoms with Crippen molar-refractivity contribution in [1.29, 1.82) is 0 Å². The van der Waals surface area contributed by atoms with Crippen LogP contribution >= 0.6 is 0 Å². The summed E-state index contributed by atoms with van der Waals surface area (Å²) in [7, 11) is 0. The molecule has 0 atom stereocenters. The Kier molecular flexibility index (Phi) is 3.04. The number of carbonyl (C=O) groups excluding carboxylic acids is 2. The summed E-state index contributed by atoms with van der Waals surface area (Å²) in [6.07, 6.45) is 0. The molecule has 2 N–H and O–H groups in total. The van der Waals surface area contributed by atoms with Crippen LogP contribution in [-0.2, 0) is 0 Å². The lowest BCUT2D eigenvalue weighted by Gasteiger charge is -2.18. The third-order valence-electron chi connectivity index (χ3n) is 3.64. The first-order chi connectivity index (χ1) is 11.3. The molecule has 0 bridgehead atoms. The van der Waals surface area contributed by atoms with Crippen LogP contribution < -0.4 is 0 Å². The Hall–Kier alpha value is -3.82. The molecule has 0 spiro atoms. The molecule has 10 heteroatoms. The summed E-state index contributed by atoms with van der Waals surface area (Å²) in [5.41, 5.74) is -4.07. The lowest BCUT2D eigenvalue weighted by molar-refractivity contribution is -0.389. The molecule has 0 radical (unpaired) electrons. The van der Waals surface area contributed by atoms with Gasteiger partial charge in [0.15, 0.2) is 11.5 Å². The molecule has 0 aromatic heterocycles. The molecule has 0 saturated heterocycles. The minimum absolute atomic E-state index is 0.383. The van der Waals surface area contributed by atoms with E-state index in [-0.39, 0.29) is 5.56 Å². The second-order valence-electron chi connectivity index (χ2n) is 4.88. The van der Waals surface area contributed by atoms with Gasteiger partial charge in [-0.1, -0.05) is 0 Å². The molecule has 1 aliphatic rings. The topological polar surface area (TPSA) is 161 Å². The number of ketones is 2. The number of aromatic hydroxyl groups is 2. The van der Waals surface area contributed by atoms with Crippen LogP contribution in [-0.4, -0.2) is 31.6 Å². The van der Waals surface area contributed by atoms with Gasteiger partial charge in [-0.15, -0.1) is 0 Å². The highest BCUT2D eigenvalue weighted by atomic mass is 16.6. The number of phenolic OH excluding ortho intramolecular Hbond substituents is 2. The normalized spacial score (nSPS) is 12.5. The lowest BCUT2D eigenvalue weighted by Crippen LogP contribution is -2.23. The number of hydrogen-bond acceptors (Lipinski definition) is 8. The Balaban J connectivity index is 2.47. The van der Waals surface area contributed by atoms with Crippen molar-refractivity contribution in [2.24, 2.45) is 0 Å². The van der Waals surface area contributed by atoms with E-state index >= 15 is 0 Å². The van der Waals surface area contributed by atoms with E-state index in [1.54, 1.807) is 0 Å². The van der Waals surface area contributed by atoms with Crippen LogP contribution in [0.15, 0.2) is 24.3 Å². The van der Waals surface area contributed by atoms with Gasteiger partial charge in [0.1, 0.15) is 11.1 Å². The van der Waals surface area contributed by atoms with E-state index in [1.807, 2.05) is 0 Å². The van der Waals surface area contributed by atoms with Gasteiger partial charge < -0.3 is 10.2 Å². The van der Waals surface area contributed by atoms with Gasteiger partial charge in [0.05, 0.1) is 15.4 Å². The molecule has 10 nitrogen and oxygen atoms in total. The SMILES string of the molecule is O=C1c2ccc(O)c(O)c2C(=O)c2c([N+](=O)[O-])ccc([N+](=O)[O-])c21. The number of nitrogens with zero attached hydrogens (tertiary/aromatic N) is 2. The molecule has 0 fully saturated rings. The summed E-state index contributed by atoms with van der Waals surface area (Å²) in [5, 5.41) is 41.6. The van der Waals surface area contributed by atoms with Crippen LogP contribution in [0.5, 0.6) is 11.5 Å². The fourth-order valence-corrected chi connectivity index (χ4v) is 2.60. The van der Waals surface area contributed by atoms with Crippen LogP contribution in [0, 0.1) is 20.2 Å². The zero-order valence-corrected chi connectivity index (χ0v) is 11.5. The van der Waals surface area contributed by atoms with Crippen molar-refractivity contribution in [1.82, 2.24) is 0 Å². The first-order valence-corrected chi connectivity index (χ1v) is 6.35. The third kappa shape index (κ3) is 1.83. The lowest BCUT2D eigenvalue weighted by atomic mass is 9.81. The van der Waals surface area contributed by atoms with Gasteiger partial charge in [-0.25, -0.2) is 0 Å². The first-order valence-electron chi connectivity index (χ1n) is 6.35. The summed E-state index contributed by atoms with van der Waals surface area (Å²) >= 11 is 0. The summed E-state index contributed by atoms with van der Waals surface area (Å²) in [6.45, 7) is 0.